The summed E-state index contributed by atoms with van der Waals surface area (Å²) in [5.74, 6) is 1.35. The number of rotatable bonds is 6. The minimum absolute atomic E-state index is 0.555. The number of ether oxygens (including phenoxy) is 2. The van der Waals surface area contributed by atoms with Crippen molar-refractivity contribution >= 4 is 5.69 Å². The van der Waals surface area contributed by atoms with E-state index in [1.165, 1.54) is 0 Å². The van der Waals surface area contributed by atoms with Crippen molar-refractivity contribution in [3.63, 3.8) is 0 Å². The summed E-state index contributed by atoms with van der Waals surface area (Å²) in [6, 6.07) is 7.78. The summed E-state index contributed by atoms with van der Waals surface area (Å²) < 4.78 is 12.9. The van der Waals surface area contributed by atoms with E-state index in [1.54, 1.807) is 7.11 Å². The molecule has 2 N–H and O–H groups in total. The first-order valence-corrected chi connectivity index (χ1v) is 6.74. The Kier molecular flexibility index (Phi) is 4.63. The molecule has 1 aromatic heterocycles. The number of nitrogen functional groups attached to an aromatic ring is 1. The van der Waals surface area contributed by atoms with Crippen molar-refractivity contribution in [2.75, 3.05) is 12.8 Å². The molecular formula is C15H21N3O2. The van der Waals surface area contributed by atoms with E-state index < -0.39 is 0 Å². The average Bonchev–Trinajstić information content (AvgIpc) is 2.68. The molecule has 0 aliphatic heterocycles. The maximum atomic E-state index is 6.05. The fourth-order valence-corrected chi connectivity index (χ4v) is 2.02. The van der Waals surface area contributed by atoms with Gasteiger partial charge in [-0.2, -0.15) is 5.10 Å². The van der Waals surface area contributed by atoms with Crippen LogP contribution in [0.4, 0.5) is 5.69 Å². The van der Waals surface area contributed by atoms with Crippen molar-refractivity contribution in [2.45, 2.75) is 33.4 Å². The van der Waals surface area contributed by atoms with Gasteiger partial charge in [0.2, 0.25) is 5.88 Å². The number of nitrogens with two attached hydrogens (primary N) is 1. The number of methoxy groups -OCH3 is 1. The largest absolute Gasteiger partial charge is 0.437 e. The van der Waals surface area contributed by atoms with Crippen LogP contribution in [0.5, 0.6) is 11.6 Å². The maximum Gasteiger partial charge on any atom is 0.241 e. The molecule has 2 aromatic rings. The maximum absolute atomic E-state index is 6.05. The topological polar surface area (TPSA) is 62.3 Å². The third-order valence-electron chi connectivity index (χ3n) is 2.98. The van der Waals surface area contributed by atoms with Gasteiger partial charge in [-0.15, -0.1) is 0 Å². The number of aryl methyl sites for hydroxylation is 2. The van der Waals surface area contributed by atoms with Crippen LogP contribution in [0.15, 0.2) is 24.3 Å². The molecule has 5 nitrogen and oxygen atoms in total. The van der Waals surface area contributed by atoms with Gasteiger partial charge in [0.15, 0.2) is 0 Å². The molecule has 20 heavy (non-hydrogen) atoms. The summed E-state index contributed by atoms with van der Waals surface area (Å²) in [7, 11) is 1.67. The van der Waals surface area contributed by atoms with Gasteiger partial charge < -0.3 is 15.2 Å². The van der Waals surface area contributed by atoms with Gasteiger partial charge in [-0.05, 0) is 31.0 Å². The molecule has 2 rings (SSSR count). The third-order valence-corrected chi connectivity index (χ3v) is 2.98. The van der Waals surface area contributed by atoms with Gasteiger partial charge in [0.1, 0.15) is 11.4 Å². The van der Waals surface area contributed by atoms with Crippen LogP contribution >= 0.6 is 0 Å². The predicted molar refractivity (Wildman–Crippen MR) is 78.9 cm³/mol. The Morgan fingerprint density at radius 2 is 2.15 bits per heavy atom. The standard InChI is InChI=1S/C15H21N3O2/c1-4-8-18-15(14(16)11(2)17-18)20-13-7-5-6-12(9-13)10-19-3/h5-7,9H,4,8,10,16H2,1-3H3. The molecule has 0 atom stereocenters. The molecule has 0 saturated carbocycles. The fraction of sp³-hybridized carbons (Fsp3) is 0.400. The Labute approximate surface area is 119 Å². The van der Waals surface area contributed by atoms with E-state index in [0.717, 1.165) is 30.0 Å². The first-order valence-electron chi connectivity index (χ1n) is 6.74. The number of hydrogen-bond acceptors (Lipinski definition) is 4. The predicted octanol–water partition coefficient (Wildman–Crippen LogP) is 3.12. The SMILES string of the molecule is CCCn1nc(C)c(N)c1Oc1cccc(COC)c1. The molecule has 0 unspecified atom stereocenters. The molecular weight excluding hydrogens is 254 g/mol. The van der Waals surface area contributed by atoms with Crippen LogP contribution < -0.4 is 10.5 Å². The zero-order valence-electron chi connectivity index (χ0n) is 12.2. The lowest BCUT2D eigenvalue weighted by molar-refractivity contribution is 0.184. The quantitative estimate of drug-likeness (QED) is 0.879. The monoisotopic (exact) mass is 275 g/mol. The minimum atomic E-state index is 0.555. The van der Waals surface area contributed by atoms with E-state index in [9.17, 15) is 0 Å². The van der Waals surface area contributed by atoms with Crippen LogP contribution in [0.3, 0.4) is 0 Å². The smallest absolute Gasteiger partial charge is 0.241 e. The van der Waals surface area contributed by atoms with Crippen LogP contribution in [0.1, 0.15) is 24.6 Å². The van der Waals surface area contributed by atoms with Gasteiger partial charge in [-0.25, -0.2) is 4.68 Å². The first-order chi connectivity index (χ1) is 9.65. The molecule has 0 aliphatic rings. The second-order valence-corrected chi connectivity index (χ2v) is 4.71. The van der Waals surface area contributed by atoms with E-state index in [2.05, 4.69) is 12.0 Å². The molecule has 0 aliphatic carbocycles. The van der Waals surface area contributed by atoms with Crippen LogP contribution in [-0.2, 0) is 17.9 Å². The number of hydrogen-bond donors (Lipinski definition) is 1. The summed E-state index contributed by atoms with van der Waals surface area (Å²) >= 11 is 0. The van der Waals surface area contributed by atoms with Gasteiger partial charge in [0.25, 0.3) is 0 Å². The van der Waals surface area contributed by atoms with Crippen molar-refractivity contribution in [1.82, 2.24) is 9.78 Å². The zero-order chi connectivity index (χ0) is 14.5. The second kappa shape index (κ2) is 6.43. The van der Waals surface area contributed by atoms with E-state index in [0.29, 0.717) is 18.2 Å². The summed E-state index contributed by atoms with van der Waals surface area (Å²) in [5.41, 5.74) is 8.49. The molecule has 0 radical (unpaired) electrons. The fourth-order valence-electron chi connectivity index (χ4n) is 2.02. The molecule has 0 fully saturated rings. The lowest BCUT2D eigenvalue weighted by Gasteiger charge is -2.10. The van der Waals surface area contributed by atoms with Crippen molar-refractivity contribution < 1.29 is 9.47 Å². The lowest BCUT2D eigenvalue weighted by Crippen LogP contribution is -2.02. The van der Waals surface area contributed by atoms with Crippen molar-refractivity contribution in [2.24, 2.45) is 0 Å². The van der Waals surface area contributed by atoms with E-state index in [4.69, 9.17) is 15.2 Å². The highest BCUT2D eigenvalue weighted by molar-refractivity contribution is 5.54. The summed E-state index contributed by atoms with van der Waals surface area (Å²) in [6.07, 6.45) is 0.973. The summed E-state index contributed by atoms with van der Waals surface area (Å²) in [6.45, 7) is 5.32. The lowest BCUT2D eigenvalue weighted by atomic mass is 10.2. The molecule has 1 heterocycles. The number of benzene rings is 1. The van der Waals surface area contributed by atoms with Gasteiger partial charge in [-0.1, -0.05) is 19.1 Å². The first kappa shape index (κ1) is 14.4. The van der Waals surface area contributed by atoms with Crippen molar-refractivity contribution in [3.8, 4) is 11.6 Å². The molecule has 0 bridgehead atoms. The Morgan fingerprint density at radius 1 is 1.35 bits per heavy atom. The molecule has 108 valence electrons. The Balaban J connectivity index is 2.27. The molecule has 0 amide bonds. The molecule has 1 aromatic carbocycles. The molecule has 5 heteroatoms. The normalized spacial score (nSPS) is 10.8. The van der Waals surface area contributed by atoms with Gasteiger partial charge in [0.05, 0.1) is 12.3 Å². The Morgan fingerprint density at radius 3 is 2.85 bits per heavy atom. The van der Waals surface area contributed by atoms with E-state index in [1.807, 2.05) is 35.9 Å². The summed E-state index contributed by atoms with van der Waals surface area (Å²) in [4.78, 5) is 0. The Bertz CT molecular complexity index is 578. The van der Waals surface area contributed by atoms with Crippen LogP contribution in [0.25, 0.3) is 0 Å². The highest BCUT2D eigenvalue weighted by Crippen LogP contribution is 2.30. The average molecular weight is 275 g/mol. The van der Waals surface area contributed by atoms with Gasteiger partial charge in [0, 0.05) is 13.7 Å². The van der Waals surface area contributed by atoms with Crippen molar-refractivity contribution in [1.29, 1.82) is 0 Å². The summed E-state index contributed by atoms with van der Waals surface area (Å²) in [5, 5.41) is 4.40. The Hall–Kier alpha value is -2.01. The van der Waals surface area contributed by atoms with Crippen LogP contribution in [-0.4, -0.2) is 16.9 Å². The van der Waals surface area contributed by atoms with Crippen LogP contribution in [0, 0.1) is 6.92 Å². The highest BCUT2D eigenvalue weighted by Gasteiger charge is 2.14. The van der Waals surface area contributed by atoms with E-state index >= 15 is 0 Å². The highest BCUT2D eigenvalue weighted by atomic mass is 16.5. The third kappa shape index (κ3) is 3.11. The zero-order valence-corrected chi connectivity index (χ0v) is 12.2. The second-order valence-electron chi connectivity index (χ2n) is 4.71. The van der Waals surface area contributed by atoms with Crippen LogP contribution in [0.2, 0.25) is 0 Å². The van der Waals surface area contributed by atoms with E-state index in [-0.39, 0.29) is 0 Å². The number of nitrogens with zero attached hydrogens (tertiary/aromatic N) is 2. The van der Waals surface area contributed by atoms with Gasteiger partial charge >= 0.3 is 0 Å². The number of anilines is 1. The molecule has 0 spiro atoms. The molecule has 0 saturated heterocycles. The number of aromatic nitrogens is 2. The van der Waals surface area contributed by atoms with Crippen molar-refractivity contribution in [3.05, 3.63) is 35.5 Å². The van der Waals surface area contributed by atoms with Gasteiger partial charge in [-0.3, -0.25) is 0 Å². The minimum Gasteiger partial charge on any atom is -0.437 e.